The molecular formula is C58H92O6. The third-order valence-corrected chi connectivity index (χ3v) is 10.4. The van der Waals surface area contributed by atoms with Gasteiger partial charge in [-0.2, -0.15) is 0 Å². The highest BCUT2D eigenvalue weighted by Gasteiger charge is 2.19. The molecular weight excluding hydrogens is 793 g/mol. The van der Waals surface area contributed by atoms with E-state index in [-0.39, 0.29) is 31.1 Å². The van der Waals surface area contributed by atoms with E-state index in [9.17, 15) is 14.4 Å². The van der Waals surface area contributed by atoms with Crippen molar-refractivity contribution in [3.05, 3.63) is 122 Å². The van der Waals surface area contributed by atoms with Crippen LogP contribution in [0.1, 0.15) is 207 Å². The second-order valence-electron chi connectivity index (χ2n) is 16.6. The topological polar surface area (TPSA) is 78.9 Å². The second-order valence-corrected chi connectivity index (χ2v) is 16.6. The molecule has 0 saturated carbocycles. The normalized spacial score (nSPS) is 13.1. The van der Waals surface area contributed by atoms with Gasteiger partial charge in [0.1, 0.15) is 13.2 Å². The Morgan fingerprint density at radius 1 is 0.328 bits per heavy atom. The summed E-state index contributed by atoms with van der Waals surface area (Å²) in [5.74, 6) is -1.00. The van der Waals surface area contributed by atoms with Crippen LogP contribution < -0.4 is 0 Å². The summed E-state index contributed by atoms with van der Waals surface area (Å²) in [4.78, 5) is 37.9. The smallest absolute Gasteiger partial charge is 0.306 e. The van der Waals surface area contributed by atoms with Crippen LogP contribution in [0.25, 0.3) is 0 Å². The predicted molar refractivity (Wildman–Crippen MR) is 274 cm³/mol. The maximum Gasteiger partial charge on any atom is 0.306 e. The predicted octanol–water partition coefficient (Wildman–Crippen LogP) is 16.9. The second kappa shape index (κ2) is 51.4. The molecule has 0 rings (SSSR count). The molecule has 0 aliphatic rings. The summed E-state index contributed by atoms with van der Waals surface area (Å²) in [6.07, 6.45) is 70.3. The van der Waals surface area contributed by atoms with Gasteiger partial charge in [0, 0.05) is 19.3 Å². The van der Waals surface area contributed by atoms with Crippen molar-refractivity contribution in [1.82, 2.24) is 0 Å². The van der Waals surface area contributed by atoms with E-state index >= 15 is 0 Å². The lowest BCUT2D eigenvalue weighted by Crippen LogP contribution is -2.30. The first kappa shape index (κ1) is 59.8. The fourth-order valence-corrected chi connectivity index (χ4v) is 6.51. The summed E-state index contributed by atoms with van der Waals surface area (Å²) in [6.45, 7) is 6.35. The molecule has 6 heteroatoms. The van der Waals surface area contributed by atoms with Crippen LogP contribution in [0.5, 0.6) is 0 Å². The molecule has 0 aliphatic heterocycles. The number of allylic oxidation sites excluding steroid dienone is 20. The van der Waals surface area contributed by atoms with E-state index in [4.69, 9.17) is 14.2 Å². The molecule has 0 fully saturated rings. The quantitative estimate of drug-likeness (QED) is 0.0199. The van der Waals surface area contributed by atoms with Crippen LogP contribution in [0.3, 0.4) is 0 Å². The molecule has 0 spiro atoms. The zero-order chi connectivity index (χ0) is 46.5. The first-order valence-corrected chi connectivity index (χ1v) is 25.7. The van der Waals surface area contributed by atoms with E-state index in [0.29, 0.717) is 19.3 Å². The Labute approximate surface area is 392 Å². The highest BCUT2D eigenvalue weighted by molar-refractivity contribution is 5.71. The third kappa shape index (κ3) is 48.8. The Morgan fingerprint density at radius 2 is 0.641 bits per heavy atom. The number of carbonyl (C=O) groups is 3. The summed E-state index contributed by atoms with van der Waals surface area (Å²) in [7, 11) is 0. The van der Waals surface area contributed by atoms with Crippen LogP contribution in [0.15, 0.2) is 122 Å². The summed E-state index contributed by atoms with van der Waals surface area (Å²) in [5, 5.41) is 0. The van der Waals surface area contributed by atoms with Crippen LogP contribution in [-0.2, 0) is 28.6 Å². The fraction of sp³-hybridized carbons (Fsp3) is 0.603. The van der Waals surface area contributed by atoms with Crippen LogP contribution >= 0.6 is 0 Å². The van der Waals surface area contributed by atoms with Crippen molar-refractivity contribution in [3.8, 4) is 0 Å². The lowest BCUT2D eigenvalue weighted by atomic mass is 10.1. The molecule has 0 aromatic heterocycles. The number of carbonyl (C=O) groups excluding carboxylic acids is 3. The Bertz CT molecular complexity index is 1390. The number of hydrogen-bond donors (Lipinski definition) is 0. The largest absolute Gasteiger partial charge is 0.462 e. The first-order chi connectivity index (χ1) is 31.5. The minimum Gasteiger partial charge on any atom is -0.462 e. The van der Waals surface area contributed by atoms with Gasteiger partial charge in [0.15, 0.2) is 6.10 Å². The van der Waals surface area contributed by atoms with Crippen LogP contribution in [-0.4, -0.2) is 37.2 Å². The molecule has 0 bridgehead atoms. The minimum atomic E-state index is -0.815. The lowest BCUT2D eigenvalue weighted by molar-refractivity contribution is -0.167. The average molecular weight is 885 g/mol. The van der Waals surface area contributed by atoms with Crippen molar-refractivity contribution in [2.75, 3.05) is 13.2 Å². The fourth-order valence-electron chi connectivity index (χ4n) is 6.51. The molecule has 0 aliphatic carbocycles. The maximum absolute atomic E-state index is 12.8. The molecule has 0 heterocycles. The monoisotopic (exact) mass is 885 g/mol. The van der Waals surface area contributed by atoms with Gasteiger partial charge in [0.25, 0.3) is 0 Å². The van der Waals surface area contributed by atoms with Crippen LogP contribution in [0.4, 0.5) is 0 Å². The van der Waals surface area contributed by atoms with Gasteiger partial charge in [-0.1, -0.05) is 226 Å². The van der Waals surface area contributed by atoms with Gasteiger partial charge in [-0.25, -0.2) is 0 Å². The lowest BCUT2D eigenvalue weighted by Gasteiger charge is -2.18. The Hall–Kier alpha value is -4.19. The third-order valence-electron chi connectivity index (χ3n) is 10.4. The van der Waals surface area contributed by atoms with Crippen molar-refractivity contribution in [2.24, 2.45) is 0 Å². The average Bonchev–Trinajstić information content (AvgIpc) is 3.29. The van der Waals surface area contributed by atoms with Gasteiger partial charge in [-0.3, -0.25) is 14.4 Å². The Kier molecular flexibility index (Phi) is 48.1. The molecule has 0 radical (unpaired) electrons. The first-order valence-electron chi connectivity index (χ1n) is 25.7. The number of ether oxygens (including phenoxy) is 3. The highest BCUT2D eigenvalue weighted by atomic mass is 16.6. The Balaban J connectivity index is 4.53. The van der Waals surface area contributed by atoms with Gasteiger partial charge in [-0.15, -0.1) is 0 Å². The molecule has 0 N–H and O–H groups in total. The summed E-state index contributed by atoms with van der Waals surface area (Å²) >= 11 is 0. The molecule has 360 valence electrons. The van der Waals surface area contributed by atoms with E-state index in [0.717, 1.165) is 96.3 Å². The highest BCUT2D eigenvalue weighted by Crippen LogP contribution is 2.13. The number of esters is 3. The van der Waals surface area contributed by atoms with Crippen molar-refractivity contribution < 1.29 is 28.6 Å². The molecule has 1 unspecified atom stereocenters. The molecule has 1 atom stereocenters. The van der Waals surface area contributed by atoms with Crippen molar-refractivity contribution in [3.63, 3.8) is 0 Å². The Morgan fingerprint density at radius 3 is 1.08 bits per heavy atom. The van der Waals surface area contributed by atoms with Gasteiger partial charge in [0.05, 0.1) is 0 Å². The number of rotatable bonds is 44. The van der Waals surface area contributed by atoms with E-state index < -0.39 is 6.10 Å². The summed E-state index contributed by atoms with van der Waals surface area (Å²) in [5.41, 5.74) is 0. The molecule has 64 heavy (non-hydrogen) atoms. The zero-order valence-corrected chi connectivity index (χ0v) is 41.0. The van der Waals surface area contributed by atoms with Gasteiger partial charge >= 0.3 is 17.9 Å². The number of unbranched alkanes of at least 4 members (excludes halogenated alkanes) is 20. The summed E-state index contributed by atoms with van der Waals surface area (Å²) < 4.78 is 16.7. The maximum atomic E-state index is 12.8. The van der Waals surface area contributed by atoms with Gasteiger partial charge in [0.2, 0.25) is 0 Å². The minimum absolute atomic E-state index is 0.114. The number of hydrogen-bond acceptors (Lipinski definition) is 6. The van der Waals surface area contributed by atoms with E-state index in [2.05, 4.69) is 69.4 Å². The molecule has 0 saturated heterocycles. The molecule has 0 amide bonds. The van der Waals surface area contributed by atoms with Crippen molar-refractivity contribution in [2.45, 2.75) is 213 Å². The van der Waals surface area contributed by atoms with E-state index in [1.165, 1.54) is 70.6 Å². The zero-order valence-electron chi connectivity index (χ0n) is 41.0. The van der Waals surface area contributed by atoms with E-state index in [1.54, 1.807) is 0 Å². The standard InChI is InChI=1S/C58H92O6/c1-4-7-10-13-16-19-22-24-26-28-29-30-32-33-36-39-42-45-48-51-57(60)63-54-55(53-62-56(59)50-47-44-41-38-35-21-18-15-12-9-6-3)64-58(61)52-49-46-43-40-37-34-31-27-25-23-20-17-14-11-8-5-2/h7,10,13,15-16,18-19,21-22,24,26-33,35-36,55H,4-6,8-9,11-12,14,17,20,23,25,34,37-54H2,1-3H3/b10-7-,16-13-,18-15-,22-19-,26-24-,29-28+,31-27-,32-30-,35-21-,36-33-. The van der Waals surface area contributed by atoms with Crippen molar-refractivity contribution in [1.29, 1.82) is 0 Å². The molecule has 6 nitrogen and oxygen atoms in total. The van der Waals surface area contributed by atoms with Gasteiger partial charge < -0.3 is 14.2 Å². The van der Waals surface area contributed by atoms with Crippen molar-refractivity contribution >= 4 is 17.9 Å². The van der Waals surface area contributed by atoms with Crippen LogP contribution in [0, 0.1) is 0 Å². The molecule has 0 aromatic carbocycles. The summed E-state index contributed by atoms with van der Waals surface area (Å²) in [6, 6.07) is 0. The van der Waals surface area contributed by atoms with Crippen LogP contribution in [0.2, 0.25) is 0 Å². The van der Waals surface area contributed by atoms with Gasteiger partial charge in [-0.05, 0) is 83.5 Å². The molecule has 0 aromatic rings. The van der Waals surface area contributed by atoms with E-state index in [1.807, 2.05) is 72.9 Å². The SMILES string of the molecule is CC\C=C/C=C\C=C/C=C\C=C\C=C/C=C\CCCCCC(=O)OCC(COC(=O)CCCCC/C=C\C=C/CCCC)OC(=O)CCCCCCC/C=C\CCCCCCCCC.